The molecule has 6 heteroatoms. The van der Waals surface area contributed by atoms with Crippen molar-refractivity contribution in [3.63, 3.8) is 0 Å². The molecule has 1 fully saturated rings. The summed E-state index contributed by atoms with van der Waals surface area (Å²) in [6, 6.07) is 10.8. The van der Waals surface area contributed by atoms with E-state index in [9.17, 15) is 9.59 Å². The Bertz CT molecular complexity index is 822. The first kappa shape index (κ1) is 18.9. The van der Waals surface area contributed by atoms with Gasteiger partial charge < -0.3 is 15.0 Å². The predicted octanol–water partition coefficient (Wildman–Crippen LogP) is 4.02. The fourth-order valence-corrected chi connectivity index (χ4v) is 3.51. The summed E-state index contributed by atoms with van der Waals surface area (Å²) >= 11 is 0. The Labute approximate surface area is 159 Å². The number of ether oxygens (including phenoxy) is 1. The lowest BCUT2D eigenvalue weighted by Crippen LogP contribution is -2.43. The van der Waals surface area contributed by atoms with E-state index in [1.807, 2.05) is 11.0 Å². The number of para-hydroxylation sites is 1. The topological polar surface area (TPSA) is 71.5 Å². The van der Waals surface area contributed by atoms with Crippen LogP contribution < -0.4 is 5.32 Å². The number of rotatable bonds is 5. The molecule has 0 bridgehead atoms. The lowest BCUT2D eigenvalue weighted by molar-refractivity contribution is 0.0596. The Kier molecular flexibility index (Phi) is 6.06. The maximum absolute atomic E-state index is 13.0. The van der Waals surface area contributed by atoms with Gasteiger partial charge in [-0.25, -0.2) is 9.78 Å². The summed E-state index contributed by atoms with van der Waals surface area (Å²) in [5.74, 6) is 0.125. The SMILES string of the molecule is CCC1CCCCN1C(=O)c1ccnc(Nc2ccccc2C(=O)OC)c1. The maximum atomic E-state index is 13.0. The molecule has 1 aliphatic heterocycles. The molecule has 0 saturated carbocycles. The van der Waals surface area contributed by atoms with Crippen molar-refractivity contribution in [3.8, 4) is 0 Å². The average Bonchev–Trinajstić information content (AvgIpc) is 2.73. The van der Waals surface area contributed by atoms with E-state index in [-0.39, 0.29) is 5.91 Å². The van der Waals surface area contributed by atoms with E-state index in [1.165, 1.54) is 13.5 Å². The van der Waals surface area contributed by atoms with Crippen molar-refractivity contribution in [2.24, 2.45) is 0 Å². The summed E-state index contributed by atoms with van der Waals surface area (Å²) in [5.41, 5.74) is 1.61. The number of aromatic nitrogens is 1. The van der Waals surface area contributed by atoms with E-state index in [0.29, 0.717) is 28.7 Å². The zero-order valence-electron chi connectivity index (χ0n) is 15.8. The number of hydrogen-bond donors (Lipinski definition) is 1. The lowest BCUT2D eigenvalue weighted by atomic mass is 9.99. The molecule has 1 saturated heterocycles. The second-order valence-electron chi connectivity index (χ2n) is 6.65. The Hall–Kier alpha value is -2.89. The molecular formula is C21H25N3O3. The molecular weight excluding hydrogens is 342 g/mol. The standard InChI is InChI=1S/C21H25N3O3/c1-3-16-8-6-7-13-24(16)20(25)15-11-12-22-19(14-15)23-18-10-5-4-9-17(18)21(26)27-2/h4-5,9-12,14,16H,3,6-8,13H2,1-2H3,(H,22,23). The highest BCUT2D eigenvalue weighted by Crippen LogP contribution is 2.24. The molecule has 1 unspecified atom stereocenters. The Morgan fingerprint density at radius 2 is 2.07 bits per heavy atom. The number of amides is 1. The van der Waals surface area contributed by atoms with Crippen LogP contribution in [0.2, 0.25) is 0 Å². The van der Waals surface area contributed by atoms with E-state index in [1.54, 1.807) is 36.5 Å². The largest absolute Gasteiger partial charge is 0.465 e. The normalized spacial score (nSPS) is 16.7. The predicted molar refractivity (Wildman–Crippen MR) is 104 cm³/mol. The van der Waals surface area contributed by atoms with Gasteiger partial charge in [-0.15, -0.1) is 0 Å². The quantitative estimate of drug-likeness (QED) is 0.808. The molecule has 142 valence electrons. The number of hydrogen-bond acceptors (Lipinski definition) is 5. The minimum atomic E-state index is -0.426. The number of benzene rings is 1. The summed E-state index contributed by atoms with van der Waals surface area (Å²) in [5, 5.41) is 3.13. The first-order valence-electron chi connectivity index (χ1n) is 9.35. The second-order valence-corrected chi connectivity index (χ2v) is 6.65. The number of methoxy groups -OCH3 is 1. The molecule has 1 aromatic heterocycles. The first-order chi connectivity index (χ1) is 13.1. The van der Waals surface area contributed by atoms with Gasteiger partial charge in [0.15, 0.2) is 0 Å². The van der Waals surface area contributed by atoms with E-state index < -0.39 is 5.97 Å². The van der Waals surface area contributed by atoms with Crippen molar-refractivity contribution in [2.45, 2.75) is 38.6 Å². The smallest absolute Gasteiger partial charge is 0.339 e. The number of piperidine rings is 1. The number of carbonyl (C=O) groups excluding carboxylic acids is 2. The molecule has 1 amide bonds. The van der Waals surface area contributed by atoms with Gasteiger partial charge in [0, 0.05) is 24.3 Å². The van der Waals surface area contributed by atoms with Crippen molar-refractivity contribution in [1.29, 1.82) is 0 Å². The maximum Gasteiger partial charge on any atom is 0.339 e. The Morgan fingerprint density at radius 3 is 2.85 bits per heavy atom. The van der Waals surface area contributed by atoms with Crippen LogP contribution in [0.25, 0.3) is 0 Å². The first-order valence-corrected chi connectivity index (χ1v) is 9.35. The number of nitrogens with zero attached hydrogens (tertiary/aromatic N) is 2. The van der Waals surface area contributed by atoms with Crippen LogP contribution in [0.15, 0.2) is 42.6 Å². The second kappa shape index (κ2) is 8.66. The van der Waals surface area contributed by atoms with Crippen LogP contribution in [0.3, 0.4) is 0 Å². The van der Waals surface area contributed by atoms with Gasteiger partial charge in [0.2, 0.25) is 0 Å². The molecule has 27 heavy (non-hydrogen) atoms. The molecule has 3 rings (SSSR count). The van der Waals surface area contributed by atoms with Crippen LogP contribution in [0.4, 0.5) is 11.5 Å². The van der Waals surface area contributed by atoms with Gasteiger partial charge in [-0.1, -0.05) is 19.1 Å². The molecule has 0 spiro atoms. The summed E-state index contributed by atoms with van der Waals surface area (Å²) in [4.78, 5) is 31.2. The Morgan fingerprint density at radius 1 is 1.26 bits per heavy atom. The van der Waals surface area contributed by atoms with Crippen molar-refractivity contribution in [1.82, 2.24) is 9.88 Å². The van der Waals surface area contributed by atoms with Crippen molar-refractivity contribution < 1.29 is 14.3 Å². The average molecular weight is 367 g/mol. The number of anilines is 2. The molecule has 2 aromatic rings. The van der Waals surface area contributed by atoms with Gasteiger partial charge in [-0.05, 0) is 49.9 Å². The molecule has 1 N–H and O–H groups in total. The highest BCUT2D eigenvalue weighted by molar-refractivity contribution is 5.97. The van der Waals surface area contributed by atoms with Crippen LogP contribution in [0, 0.1) is 0 Å². The van der Waals surface area contributed by atoms with Crippen LogP contribution in [0.5, 0.6) is 0 Å². The highest BCUT2D eigenvalue weighted by atomic mass is 16.5. The number of carbonyl (C=O) groups is 2. The van der Waals surface area contributed by atoms with Crippen molar-refractivity contribution in [2.75, 3.05) is 19.0 Å². The minimum absolute atomic E-state index is 0.0354. The third-order valence-corrected chi connectivity index (χ3v) is 4.96. The van der Waals surface area contributed by atoms with Gasteiger partial charge in [-0.2, -0.15) is 0 Å². The third kappa shape index (κ3) is 4.27. The molecule has 6 nitrogen and oxygen atoms in total. The molecule has 0 radical (unpaired) electrons. The van der Waals surface area contributed by atoms with Crippen molar-refractivity contribution in [3.05, 3.63) is 53.7 Å². The van der Waals surface area contributed by atoms with Crippen molar-refractivity contribution >= 4 is 23.4 Å². The molecule has 1 atom stereocenters. The van der Waals surface area contributed by atoms with Gasteiger partial charge in [0.25, 0.3) is 5.91 Å². The van der Waals surface area contributed by atoms with Crippen LogP contribution in [0.1, 0.15) is 53.3 Å². The van der Waals surface area contributed by atoms with Gasteiger partial charge in [0.1, 0.15) is 5.82 Å². The van der Waals surface area contributed by atoms with E-state index in [4.69, 9.17) is 4.74 Å². The summed E-state index contributed by atoms with van der Waals surface area (Å²) in [7, 11) is 1.35. The number of likely N-dealkylation sites (tertiary alicyclic amines) is 1. The molecule has 2 heterocycles. The van der Waals surface area contributed by atoms with E-state index in [2.05, 4.69) is 17.2 Å². The van der Waals surface area contributed by atoms with E-state index in [0.717, 1.165) is 25.8 Å². The van der Waals surface area contributed by atoms with Crippen LogP contribution >= 0.6 is 0 Å². The van der Waals surface area contributed by atoms with Gasteiger partial charge in [-0.3, -0.25) is 4.79 Å². The monoisotopic (exact) mass is 367 g/mol. The summed E-state index contributed by atoms with van der Waals surface area (Å²) < 4.78 is 4.82. The zero-order valence-corrected chi connectivity index (χ0v) is 15.8. The fourth-order valence-electron chi connectivity index (χ4n) is 3.51. The number of nitrogens with one attached hydrogen (secondary N) is 1. The van der Waals surface area contributed by atoms with Crippen LogP contribution in [-0.4, -0.2) is 41.5 Å². The fraction of sp³-hybridized carbons (Fsp3) is 0.381. The van der Waals surface area contributed by atoms with E-state index >= 15 is 0 Å². The molecule has 0 aliphatic carbocycles. The Balaban J connectivity index is 1.82. The van der Waals surface area contributed by atoms with Gasteiger partial charge in [0.05, 0.1) is 18.4 Å². The molecule has 1 aromatic carbocycles. The number of esters is 1. The zero-order chi connectivity index (χ0) is 19.2. The van der Waals surface area contributed by atoms with Gasteiger partial charge >= 0.3 is 5.97 Å². The minimum Gasteiger partial charge on any atom is -0.465 e. The summed E-state index contributed by atoms with van der Waals surface area (Å²) in [6.45, 7) is 2.92. The highest BCUT2D eigenvalue weighted by Gasteiger charge is 2.26. The van der Waals surface area contributed by atoms with Crippen LogP contribution in [-0.2, 0) is 4.74 Å². The lowest BCUT2D eigenvalue weighted by Gasteiger charge is -2.35. The number of pyridine rings is 1. The third-order valence-electron chi connectivity index (χ3n) is 4.96. The summed E-state index contributed by atoms with van der Waals surface area (Å²) in [6.07, 6.45) is 5.86. The molecule has 1 aliphatic rings.